The van der Waals surface area contributed by atoms with Gasteiger partial charge in [0.15, 0.2) is 5.75 Å². The molecule has 6 nitrogen and oxygen atoms in total. The summed E-state index contributed by atoms with van der Waals surface area (Å²) in [4.78, 5) is 33.5. The molecule has 1 aromatic rings. The molecule has 21 heavy (non-hydrogen) atoms. The molecule has 0 N–H and O–H groups in total. The van der Waals surface area contributed by atoms with Crippen LogP contribution in [-0.4, -0.2) is 17.9 Å². The first-order valence-electron chi connectivity index (χ1n) is 5.72. The molecule has 0 bridgehead atoms. The molecule has 0 aliphatic carbocycles. The van der Waals surface area contributed by atoms with Crippen LogP contribution in [0.3, 0.4) is 0 Å². The number of carbonyl (C=O) groups is 3. The smallest absolute Gasteiger partial charge is 0.308 e. The maximum Gasteiger partial charge on any atom is 0.308 e. The zero-order chi connectivity index (χ0) is 16.2. The molecule has 0 fully saturated rings. The van der Waals surface area contributed by atoms with Crippen LogP contribution in [0.25, 0.3) is 0 Å². The zero-order valence-electron chi connectivity index (χ0n) is 11.4. The Hall–Kier alpha value is -1.41. The largest absolute Gasteiger partial charge is 0.425 e. The Balaban J connectivity index is 3.35. The van der Waals surface area contributed by atoms with E-state index in [0.29, 0.717) is 8.95 Å². The fourth-order valence-electron chi connectivity index (χ4n) is 1.46. The number of esters is 3. The number of halogens is 2. The first kappa shape index (κ1) is 17.6. The minimum absolute atomic E-state index is 0.109. The van der Waals surface area contributed by atoms with Crippen LogP contribution >= 0.6 is 31.9 Å². The second-order valence-electron chi connectivity index (χ2n) is 3.95. The quantitative estimate of drug-likeness (QED) is 0.420. The van der Waals surface area contributed by atoms with Crippen molar-refractivity contribution in [2.24, 2.45) is 0 Å². The molecule has 0 amide bonds. The molecule has 0 unspecified atom stereocenters. The van der Waals surface area contributed by atoms with Crippen molar-refractivity contribution >= 4 is 49.8 Å². The topological polar surface area (TPSA) is 78.9 Å². The van der Waals surface area contributed by atoms with Gasteiger partial charge in [0.2, 0.25) is 0 Å². The Kier molecular flexibility index (Phi) is 6.35. The molecule has 8 heteroatoms. The number of rotatable bonds is 4. The maximum absolute atomic E-state index is 11.2. The van der Waals surface area contributed by atoms with E-state index in [9.17, 15) is 14.4 Å². The summed E-state index contributed by atoms with van der Waals surface area (Å²) in [7, 11) is 0. The third-order valence-electron chi connectivity index (χ3n) is 2.08. The summed E-state index contributed by atoms with van der Waals surface area (Å²) in [5, 5.41) is 0. The molecule has 0 aliphatic heterocycles. The predicted octanol–water partition coefficient (Wildman–Crippen LogP) is 3.26. The van der Waals surface area contributed by atoms with Gasteiger partial charge in [-0.15, -0.1) is 0 Å². The standard InChI is InChI=1S/C13H12Br2O6/c1-6(16)19-12-10(4-9(14)5-11(12)15)13(20-7(2)17)21-8(3)18/h4-5,13H,1-3H3. The number of ether oxygens (including phenoxy) is 3. The van der Waals surface area contributed by atoms with Crippen LogP contribution in [0.2, 0.25) is 0 Å². The number of hydrogen-bond acceptors (Lipinski definition) is 6. The third-order valence-corrected chi connectivity index (χ3v) is 3.13. The van der Waals surface area contributed by atoms with Crippen LogP contribution < -0.4 is 4.74 Å². The van der Waals surface area contributed by atoms with Crippen molar-refractivity contribution in [1.29, 1.82) is 0 Å². The first-order valence-corrected chi connectivity index (χ1v) is 7.31. The van der Waals surface area contributed by atoms with Gasteiger partial charge >= 0.3 is 17.9 Å². The van der Waals surface area contributed by atoms with Crippen LogP contribution in [0.1, 0.15) is 32.6 Å². The summed E-state index contributed by atoms with van der Waals surface area (Å²) in [6.07, 6.45) is -1.32. The molecule has 1 rings (SSSR count). The minimum atomic E-state index is -1.32. The molecular formula is C13H12Br2O6. The third kappa shape index (κ3) is 5.47. The summed E-state index contributed by atoms with van der Waals surface area (Å²) in [5.41, 5.74) is 0.219. The summed E-state index contributed by atoms with van der Waals surface area (Å²) >= 11 is 6.50. The van der Waals surface area contributed by atoms with Gasteiger partial charge in [-0.3, -0.25) is 14.4 Å². The van der Waals surface area contributed by atoms with Crippen molar-refractivity contribution in [3.05, 3.63) is 26.6 Å². The molecule has 0 spiro atoms. The molecule has 114 valence electrons. The van der Waals surface area contributed by atoms with E-state index in [-0.39, 0.29) is 11.3 Å². The maximum atomic E-state index is 11.2. The Morgan fingerprint density at radius 1 is 0.952 bits per heavy atom. The van der Waals surface area contributed by atoms with E-state index in [1.54, 1.807) is 6.07 Å². The van der Waals surface area contributed by atoms with Crippen molar-refractivity contribution in [3.8, 4) is 5.75 Å². The molecule has 1 aromatic carbocycles. The van der Waals surface area contributed by atoms with Crippen molar-refractivity contribution in [1.82, 2.24) is 0 Å². The lowest BCUT2D eigenvalue weighted by molar-refractivity contribution is -0.186. The van der Waals surface area contributed by atoms with Gasteiger partial charge in [-0.1, -0.05) is 15.9 Å². The molecule has 0 atom stereocenters. The van der Waals surface area contributed by atoms with Crippen LogP contribution in [-0.2, 0) is 23.9 Å². The van der Waals surface area contributed by atoms with Gasteiger partial charge in [0.1, 0.15) is 0 Å². The van der Waals surface area contributed by atoms with Crippen LogP contribution in [0.5, 0.6) is 5.75 Å². The minimum Gasteiger partial charge on any atom is -0.425 e. The van der Waals surface area contributed by atoms with E-state index in [0.717, 1.165) is 0 Å². The Bertz CT molecular complexity index is 568. The molecule has 0 aliphatic rings. The van der Waals surface area contributed by atoms with Crippen LogP contribution in [0.4, 0.5) is 0 Å². The summed E-state index contributed by atoms with van der Waals surface area (Å²) < 4.78 is 16.1. The van der Waals surface area contributed by atoms with E-state index in [2.05, 4.69) is 31.9 Å². The normalized spacial score (nSPS) is 10.2. The van der Waals surface area contributed by atoms with Gasteiger partial charge < -0.3 is 14.2 Å². The Morgan fingerprint density at radius 2 is 1.48 bits per heavy atom. The second-order valence-corrected chi connectivity index (χ2v) is 5.72. The van der Waals surface area contributed by atoms with Crippen molar-refractivity contribution in [2.75, 3.05) is 0 Å². The van der Waals surface area contributed by atoms with Gasteiger partial charge in [-0.25, -0.2) is 0 Å². The fraction of sp³-hybridized carbons (Fsp3) is 0.308. The van der Waals surface area contributed by atoms with E-state index in [1.807, 2.05) is 0 Å². The Labute approximate surface area is 138 Å². The van der Waals surface area contributed by atoms with Gasteiger partial charge in [-0.05, 0) is 28.1 Å². The van der Waals surface area contributed by atoms with E-state index < -0.39 is 24.2 Å². The molecule has 0 aromatic heterocycles. The monoisotopic (exact) mass is 422 g/mol. The second kappa shape index (κ2) is 7.56. The summed E-state index contributed by atoms with van der Waals surface area (Å²) in [6, 6.07) is 3.17. The first-order chi connectivity index (χ1) is 9.70. The number of hydrogen-bond donors (Lipinski definition) is 0. The van der Waals surface area contributed by atoms with Crippen molar-refractivity contribution in [2.45, 2.75) is 27.1 Å². The number of benzene rings is 1. The van der Waals surface area contributed by atoms with Gasteiger partial charge in [0.05, 0.1) is 10.0 Å². The predicted molar refractivity (Wildman–Crippen MR) is 79.4 cm³/mol. The summed E-state index contributed by atoms with van der Waals surface area (Å²) in [5.74, 6) is -1.75. The SMILES string of the molecule is CC(=O)Oc1c(Br)cc(Br)cc1C(OC(C)=O)OC(C)=O. The molecular weight excluding hydrogens is 412 g/mol. The van der Waals surface area contributed by atoms with E-state index >= 15 is 0 Å². The van der Waals surface area contributed by atoms with Gasteiger partial charge in [0, 0.05) is 25.2 Å². The lowest BCUT2D eigenvalue weighted by Crippen LogP contribution is -2.17. The van der Waals surface area contributed by atoms with E-state index in [4.69, 9.17) is 14.2 Å². The lowest BCUT2D eigenvalue weighted by atomic mass is 10.2. The summed E-state index contributed by atoms with van der Waals surface area (Å²) in [6.45, 7) is 3.58. The molecule has 0 saturated carbocycles. The lowest BCUT2D eigenvalue weighted by Gasteiger charge is -2.20. The molecule has 0 heterocycles. The Morgan fingerprint density at radius 3 is 1.90 bits per heavy atom. The highest BCUT2D eigenvalue weighted by molar-refractivity contribution is 9.11. The van der Waals surface area contributed by atoms with Crippen LogP contribution in [0, 0.1) is 0 Å². The van der Waals surface area contributed by atoms with Crippen LogP contribution in [0.15, 0.2) is 21.1 Å². The van der Waals surface area contributed by atoms with Gasteiger partial charge in [-0.2, -0.15) is 0 Å². The molecule has 0 radical (unpaired) electrons. The highest BCUT2D eigenvalue weighted by Gasteiger charge is 2.25. The molecule has 0 saturated heterocycles. The fourth-order valence-corrected chi connectivity index (χ4v) is 2.80. The van der Waals surface area contributed by atoms with E-state index in [1.165, 1.54) is 26.8 Å². The van der Waals surface area contributed by atoms with Gasteiger partial charge in [0.25, 0.3) is 6.29 Å². The highest BCUT2D eigenvalue weighted by atomic mass is 79.9. The zero-order valence-corrected chi connectivity index (χ0v) is 14.6. The highest BCUT2D eigenvalue weighted by Crippen LogP contribution is 2.38. The average molecular weight is 424 g/mol. The van der Waals surface area contributed by atoms with Crippen molar-refractivity contribution in [3.63, 3.8) is 0 Å². The average Bonchev–Trinajstić information content (AvgIpc) is 2.29. The van der Waals surface area contributed by atoms with Crippen molar-refractivity contribution < 1.29 is 28.6 Å². The number of carbonyl (C=O) groups excluding carboxylic acids is 3.